The molecule has 1 saturated carbocycles. The fraction of sp³-hybridized carbons (Fsp3) is 0.524. The molecule has 1 heterocycles. The second-order valence-electron chi connectivity index (χ2n) is 7.28. The average Bonchev–Trinajstić information content (AvgIpc) is 2.97. The highest BCUT2D eigenvalue weighted by Gasteiger charge is 2.20. The van der Waals surface area contributed by atoms with E-state index in [1.54, 1.807) is 23.7 Å². The molecule has 1 aliphatic carbocycles. The van der Waals surface area contributed by atoms with E-state index < -0.39 is 0 Å². The Labute approximate surface area is 170 Å². The number of nitrogens with one attached hydrogen (secondary N) is 1. The molecule has 3 rings (SSSR count). The van der Waals surface area contributed by atoms with Crippen LogP contribution in [0.25, 0.3) is 0 Å². The van der Waals surface area contributed by atoms with Gasteiger partial charge in [-0.15, -0.1) is 0 Å². The molecule has 0 spiro atoms. The second-order valence-corrected chi connectivity index (χ2v) is 7.63. The average molecular weight is 408 g/mol. The maximum atomic E-state index is 13.0. The van der Waals surface area contributed by atoms with Gasteiger partial charge in [0.2, 0.25) is 0 Å². The van der Waals surface area contributed by atoms with Crippen molar-refractivity contribution < 1.29 is 13.9 Å². The van der Waals surface area contributed by atoms with Crippen LogP contribution in [0, 0.1) is 12.7 Å². The topological polar surface area (TPSA) is 56.2 Å². The summed E-state index contributed by atoms with van der Waals surface area (Å²) in [4.78, 5) is 12.5. The molecule has 1 aromatic heterocycles. The Morgan fingerprint density at radius 2 is 2.00 bits per heavy atom. The highest BCUT2D eigenvalue weighted by molar-refractivity contribution is 6.33. The number of ether oxygens (including phenoxy) is 1. The number of nitrogens with zero attached hydrogens (tertiary/aromatic N) is 2. The molecule has 2 aromatic rings. The predicted octanol–water partition coefficient (Wildman–Crippen LogP) is 4.50. The van der Waals surface area contributed by atoms with Crippen molar-refractivity contribution in [2.24, 2.45) is 0 Å². The summed E-state index contributed by atoms with van der Waals surface area (Å²) < 4.78 is 20.5. The quantitative estimate of drug-likeness (QED) is 0.655. The van der Waals surface area contributed by atoms with Crippen LogP contribution in [0.2, 0.25) is 5.15 Å². The zero-order valence-corrected chi connectivity index (χ0v) is 17.0. The van der Waals surface area contributed by atoms with E-state index in [1.807, 2.05) is 0 Å². The first-order valence-corrected chi connectivity index (χ1v) is 10.3. The van der Waals surface area contributed by atoms with Gasteiger partial charge in [-0.05, 0) is 43.9 Å². The Hall–Kier alpha value is -1.92. The lowest BCUT2D eigenvalue weighted by Gasteiger charge is -2.21. The molecule has 0 radical (unpaired) electrons. The molecule has 1 amide bonds. The Balaban J connectivity index is 1.49. The Kier molecular flexibility index (Phi) is 7.45. The minimum absolute atomic E-state index is 0.231. The third-order valence-electron chi connectivity index (χ3n) is 5.05. The maximum Gasteiger partial charge on any atom is 0.256 e. The molecule has 1 aliphatic rings. The zero-order chi connectivity index (χ0) is 19.9. The van der Waals surface area contributed by atoms with E-state index in [2.05, 4.69) is 10.4 Å². The van der Waals surface area contributed by atoms with Crippen molar-refractivity contribution in [2.75, 3.05) is 13.2 Å². The zero-order valence-electron chi connectivity index (χ0n) is 16.2. The number of carbonyl (C=O) groups excluding carboxylic acids is 1. The summed E-state index contributed by atoms with van der Waals surface area (Å²) in [5.41, 5.74) is 1.82. The van der Waals surface area contributed by atoms with E-state index in [-0.39, 0.29) is 16.9 Å². The molecule has 28 heavy (non-hydrogen) atoms. The van der Waals surface area contributed by atoms with Gasteiger partial charge in [-0.25, -0.2) is 9.07 Å². The molecule has 0 atom stereocenters. The van der Waals surface area contributed by atoms with Crippen molar-refractivity contribution in [2.45, 2.75) is 58.1 Å². The van der Waals surface area contributed by atoms with E-state index in [1.165, 1.54) is 31.4 Å². The highest BCUT2D eigenvalue weighted by Crippen LogP contribution is 2.22. The van der Waals surface area contributed by atoms with E-state index in [0.29, 0.717) is 37.1 Å². The number of hydrogen-bond acceptors (Lipinski definition) is 3. The number of rotatable bonds is 8. The predicted molar refractivity (Wildman–Crippen MR) is 107 cm³/mol. The number of hydrogen-bond donors (Lipinski definition) is 1. The van der Waals surface area contributed by atoms with Crippen LogP contribution in [-0.4, -0.2) is 34.9 Å². The Morgan fingerprint density at radius 1 is 1.29 bits per heavy atom. The summed E-state index contributed by atoms with van der Waals surface area (Å²) >= 11 is 6.39. The van der Waals surface area contributed by atoms with Crippen molar-refractivity contribution in [1.82, 2.24) is 15.1 Å². The Bertz CT molecular complexity index is 786. The lowest BCUT2D eigenvalue weighted by molar-refractivity contribution is 0.0273. The third kappa shape index (κ3) is 5.55. The van der Waals surface area contributed by atoms with E-state index in [9.17, 15) is 9.18 Å². The molecule has 0 unspecified atom stereocenters. The molecular weight excluding hydrogens is 381 g/mol. The molecule has 152 valence electrons. The van der Waals surface area contributed by atoms with Crippen LogP contribution in [0.1, 0.15) is 60.1 Å². The molecule has 7 heteroatoms. The number of amides is 1. The van der Waals surface area contributed by atoms with Crippen LogP contribution < -0.4 is 5.32 Å². The summed E-state index contributed by atoms with van der Waals surface area (Å²) in [6, 6.07) is 6.13. The standard InChI is InChI=1S/C21H27ClFN3O2/c1-15-19(20(22)26(25-15)14-16-8-10-17(23)11-9-16)21(27)24-12-5-13-28-18-6-3-2-4-7-18/h8-11,18H,2-7,12-14H2,1H3,(H,24,27). The lowest BCUT2D eigenvalue weighted by atomic mass is 9.98. The van der Waals surface area contributed by atoms with Gasteiger partial charge in [0.1, 0.15) is 11.0 Å². The molecule has 1 N–H and O–H groups in total. The third-order valence-corrected chi connectivity index (χ3v) is 5.43. The monoisotopic (exact) mass is 407 g/mol. The number of carbonyl (C=O) groups is 1. The number of aryl methyl sites for hydroxylation is 1. The number of halogens is 2. The first-order chi connectivity index (χ1) is 13.5. The number of benzene rings is 1. The molecule has 1 aromatic carbocycles. The minimum atomic E-state index is -0.293. The maximum absolute atomic E-state index is 13.0. The van der Waals surface area contributed by atoms with Gasteiger partial charge < -0.3 is 10.1 Å². The van der Waals surface area contributed by atoms with Gasteiger partial charge in [-0.3, -0.25) is 4.79 Å². The van der Waals surface area contributed by atoms with Crippen molar-refractivity contribution in [3.63, 3.8) is 0 Å². The van der Waals surface area contributed by atoms with E-state index in [0.717, 1.165) is 24.8 Å². The minimum Gasteiger partial charge on any atom is -0.378 e. The molecule has 0 bridgehead atoms. The molecule has 0 saturated heterocycles. The summed E-state index contributed by atoms with van der Waals surface area (Å²) in [7, 11) is 0. The van der Waals surface area contributed by atoms with Crippen LogP contribution in [0.5, 0.6) is 0 Å². The summed E-state index contributed by atoms with van der Waals surface area (Å²) in [5.74, 6) is -0.524. The fourth-order valence-corrected chi connectivity index (χ4v) is 3.84. The van der Waals surface area contributed by atoms with Crippen molar-refractivity contribution in [3.8, 4) is 0 Å². The lowest BCUT2D eigenvalue weighted by Crippen LogP contribution is -2.26. The Morgan fingerprint density at radius 3 is 2.71 bits per heavy atom. The molecular formula is C21H27ClFN3O2. The van der Waals surface area contributed by atoms with Crippen molar-refractivity contribution in [1.29, 1.82) is 0 Å². The number of aromatic nitrogens is 2. The smallest absolute Gasteiger partial charge is 0.256 e. The van der Waals surface area contributed by atoms with E-state index in [4.69, 9.17) is 16.3 Å². The summed E-state index contributed by atoms with van der Waals surface area (Å²) in [5, 5.41) is 7.55. The van der Waals surface area contributed by atoms with Gasteiger partial charge in [-0.2, -0.15) is 5.10 Å². The summed E-state index contributed by atoms with van der Waals surface area (Å²) in [6.45, 7) is 3.32. The van der Waals surface area contributed by atoms with Gasteiger partial charge in [-0.1, -0.05) is 43.0 Å². The van der Waals surface area contributed by atoms with Gasteiger partial charge in [0.05, 0.1) is 23.9 Å². The van der Waals surface area contributed by atoms with Gasteiger partial charge >= 0.3 is 0 Å². The van der Waals surface area contributed by atoms with Crippen LogP contribution in [0.15, 0.2) is 24.3 Å². The van der Waals surface area contributed by atoms with Crippen molar-refractivity contribution >= 4 is 17.5 Å². The second kappa shape index (κ2) is 10.0. The first-order valence-electron chi connectivity index (χ1n) is 9.91. The van der Waals surface area contributed by atoms with Crippen LogP contribution >= 0.6 is 11.6 Å². The SMILES string of the molecule is Cc1nn(Cc2ccc(F)cc2)c(Cl)c1C(=O)NCCCOC1CCCCC1. The van der Waals surface area contributed by atoms with Gasteiger partial charge in [0, 0.05) is 13.2 Å². The highest BCUT2D eigenvalue weighted by atomic mass is 35.5. The van der Waals surface area contributed by atoms with Gasteiger partial charge in [0.25, 0.3) is 5.91 Å². The molecule has 1 fully saturated rings. The normalized spacial score (nSPS) is 15.0. The largest absolute Gasteiger partial charge is 0.378 e. The first kappa shape index (κ1) is 20.8. The van der Waals surface area contributed by atoms with Crippen LogP contribution in [0.3, 0.4) is 0 Å². The van der Waals surface area contributed by atoms with Crippen LogP contribution in [0.4, 0.5) is 4.39 Å². The van der Waals surface area contributed by atoms with E-state index >= 15 is 0 Å². The molecule has 5 nitrogen and oxygen atoms in total. The fourth-order valence-electron chi connectivity index (χ4n) is 3.52. The van der Waals surface area contributed by atoms with Crippen molar-refractivity contribution in [3.05, 3.63) is 52.1 Å². The van der Waals surface area contributed by atoms with Gasteiger partial charge in [0.15, 0.2) is 0 Å². The molecule has 0 aliphatic heterocycles. The van der Waals surface area contributed by atoms with Crippen LogP contribution in [-0.2, 0) is 11.3 Å². The summed E-state index contributed by atoms with van der Waals surface area (Å²) in [6.07, 6.45) is 7.25.